The fourth-order valence-electron chi connectivity index (χ4n) is 3.01. The van der Waals surface area contributed by atoms with Crippen LogP contribution in [0.25, 0.3) is 28.2 Å². The highest BCUT2D eigenvalue weighted by atomic mass is 16.3. The minimum Gasteiger partial charge on any atom is -0.392 e. The molecule has 0 atom stereocenters. The van der Waals surface area contributed by atoms with E-state index < -0.39 is 0 Å². The van der Waals surface area contributed by atoms with Gasteiger partial charge in [0.1, 0.15) is 0 Å². The van der Waals surface area contributed by atoms with Crippen molar-refractivity contribution in [2.75, 3.05) is 5.32 Å². The van der Waals surface area contributed by atoms with Crippen molar-refractivity contribution in [3.05, 3.63) is 72.4 Å². The van der Waals surface area contributed by atoms with Crippen LogP contribution in [0.4, 0.5) is 5.69 Å². The van der Waals surface area contributed by atoms with E-state index in [0.717, 1.165) is 39.4 Å². The molecule has 2 aromatic carbocycles. The predicted octanol–water partition coefficient (Wildman–Crippen LogP) is 3.51. The van der Waals surface area contributed by atoms with Crippen molar-refractivity contribution < 1.29 is 9.90 Å². The minimum atomic E-state index is -0.115. The average Bonchev–Trinajstić information content (AvgIpc) is 3.11. The molecule has 27 heavy (non-hydrogen) atoms. The zero-order chi connectivity index (χ0) is 18.8. The molecule has 6 heteroatoms. The highest BCUT2D eigenvalue weighted by molar-refractivity contribution is 5.89. The van der Waals surface area contributed by atoms with Crippen LogP contribution in [-0.4, -0.2) is 25.6 Å². The summed E-state index contributed by atoms with van der Waals surface area (Å²) in [6.07, 6.45) is 1.77. The molecule has 2 heterocycles. The van der Waals surface area contributed by atoms with E-state index in [4.69, 9.17) is 5.10 Å². The summed E-state index contributed by atoms with van der Waals surface area (Å²) in [5, 5.41) is 16.9. The van der Waals surface area contributed by atoms with E-state index >= 15 is 0 Å². The van der Waals surface area contributed by atoms with Crippen LogP contribution in [0, 0.1) is 0 Å². The van der Waals surface area contributed by atoms with Gasteiger partial charge in [0, 0.05) is 23.7 Å². The Morgan fingerprint density at radius 1 is 1.07 bits per heavy atom. The number of amides is 1. The van der Waals surface area contributed by atoms with Crippen LogP contribution < -0.4 is 5.32 Å². The number of carbonyl (C=O) groups excluding carboxylic acids is 1. The first kappa shape index (κ1) is 16.9. The van der Waals surface area contributed by atoms with Crippen molar-refractivity contribution in [2.45, 2.75) is 13.5 Å². The molecule has 4 aromatic rings. The molecule has 6 nitrogen and oxygen atoms in total. The van der Waals surface area contributed by atoms with Gasteiger partial charge in [-0.15, -0.1) is 0 Å². The van der Waals surface area contributed by atoms with Gasteiger partial charge in [0.15, 0.2) is 5.65 Å². The van der Waals surface area contributed by atoms with E-state index in [9.17, 15) is 9.90 Å². The monoisotopic (exact) mass is 358 g/mol. The zero-order valence-electron chi connectivity index (χ0n) is 14.8. The van der Waals surface area contributed by atoms with Crippen molar-refractivity contribution in [1.82, 2.24) is 14.6 Å². The third-order valence-electron chi connectivity index (χ3n) is 4.25. The number of carbonyl (C=O) groups is 1. The van der Waals surface area contributed by atoms with Crippen molar-refractivity contribution in [2.24, 2.45) is 0 Å². The Morgan fingerprint density at radius 3 is 2.70 bits per heavy atom. The summed E-state index contributed by atoms with van der Waals surface area (Å²) in [5.74, 6) is -0.115. The lowest BCUT2D eigenvalue weighted by atomic mass is 10.1. The number of benzene rings is 2. The lowest BCUT2D eigenvalue weighted by Crippen LogP contribution is -2.05. The van der Waals surface area contributed by atoms with Gasteiger partial charge in [-0.05, 0) is 35.9 Å². The van der Waals surface area contributed by atoms with E-state index in [-0.39, 0.29) is 12.5 Å². The molecule has 0 aliphatic heterocycles. The molecule has 0 fully saturated rings. The first-order valence-corrected chi connectivity index (χ1v) is 8.57. The Bertz CT molecular complexity index is 1130. The van der Waals surface area contributed by atoms with Crippen molar-refractivity contribution >= 4 is 17.2 Å². The number of anilines is 1. The maximum absolute atomic E-state index is 11.3. The SMILES string of the molecule is CC(=O)Nc1cccc(-c2ccc3ncc(-c4cccc(CO)c4)n3n2)c1. The molecule has 1 amide bonds. The molecular formula is C21H18N4O2. The molecule has 2 aromatic heterocycles. The van der Waals surface area contributed by atoms with Gasteiger partial charge >= 0.3 is 0 Å². The molecule has 0 spiro atoms. The topological polar surface area (TPSA) is 79.5 Å². The molecule has 134 valence electrons. The van der Waals surface area contributed by atoms with Crippen LogP contribution in [0.15, 0.2) is 66.9 Å². The largest absolute Gasteiger partial charge is 0.392 e. The van der Waals surface area contributed by atoms with Gasteiger partial charge in [0.25, 0.3) is 0 Å². The summed E-state index contributed by atoms with van der Waals surface area (Å²) >= 11 is 0. The van der Waals surface area contributed by atoms with Crippen LogP contribution in [0.2, 0.25) is 0 Å². The van der Waals surface area contributed by atoms with Gasteiger partial charge in [-0.1, -0.05) is 30.3 Å². The Labute approximate surface area is 156 Å². The molecule has 0 radical (unpaired) electrons. The first-order valence-electron chi connectivity index (χ1n) is 8.57. The molecule has 0 saturated carbocycles. The second-order valence-corrected chi connectivity index (χ2v) is 6.25. The van der Waals surface area contributed by atoms with Crippen LogP contribution in [0.5, 0.6) is 0 Å². The fourth-order valence-corrected chi connectivity index (χ4v) is 3.01. The normalized spacial score (nSPS) is 10.9. The number of hydrogen-bond acceptors (Lipinski definition) is 4. The quantitative estimate of drug-likeness (QED) is 0.585. The lowest BCUT2D eigenvalue weighted by Gasteiger charge is -2.07. The molecular weight excluding hydrogens is 340 g/mol. The molecule has 0 aliphatic carbocycles. The van der Waals surface area contributed by atoms with Gasteiger partial charge < -0.3 is 10.4 Å². The number of nitrogens with one attached hydrogen (secondary N) is 1. The van der Waals surface area contributed by atoms with Crippen molar-refractivity contribution in [3.8, 4) is 22.5 Å². The molecule has 0 aliphatic rings. The summed E-state index contributed by atoms with van der Waals surface area (Å²) in [6, 6.07) is 19.0. The van der Waals surface area contributed by atoms with Crippen LogP contribution >= 0.6 is 0 Å². The zero-order valence-corrected chi connectivity index (χ0v) is 14.8. The standard InChI is InChI=1S/C21H18N4O2/c1-14(27)23-18-7-3-5-16(11-18)19-8-9-21-22-12-20(25(21)24-19)17-6-2-4-15(10-17)13-26/h2-12,26H,13H2,1H3,(H,23,27). The summed E-state index contributed by atoms with van der Waals surface area (Å²) in [7, 11) is 0. The summed E-state index contributed by atoms with van der Waals surface area (Å²) in [5.41, 5.74) is 5.75. The van der Waals surface area contributed by atoms with Crippen molar-refractivity contribution in [1.29, 1.82) is 0 Å². The van der Waals surface area contributed by atoms with Gasteiger partial charge in [0.05, 0.1) is 24.2 Å². The van der Waals surface area contributed by atoms with Gasteiger partial charge in [-0.25, -0.2) is 9.50 Å². The van der Waals surface area contributed by atoms with Gasteiger partial charge in [0.2, 0.25) is 5.91 Å². The van der Waals surface area contributed by atoms with E-state index in [1.54, 1.807) is 10.7 Å². The summed E-state index contributed by atoms with van der Waals surface area (Å²) in [6.45, 7) is 1.47. The van der Waals surface area contributed by atoms with E-state index in [1.165, 1.54) is 6.92 Å². The highest BCUT2D eigenvalue weighted by Gasteiger charge is 2.10. The Morgan fingerprint density at radius 2 is 1.89 bits per heavy atom. The molecule has 2 N–H and O–H groups in total. The molecule has 4 rings (SSSR count). The van der Waals surface area contributed by atoms with Crippen LogP contribution in [0.1, 0.15) is 12.5 Å². The second kappa shape index (κ2) is 7.01. The lowest BCUT2D eigenvalue weighted by molar-refractivity contribution is -0.114. The highest BCUT2D eigenvalue weighted by Crippen LogP contribution is 2.25. The fraction of sp³-hybridized carbons (Fsp3) is 0.0952. The second-order valence-electron chi connectivity index (χ2n) is 6.25. The van der Waals surface area contributed by atoms with E-state index in [2.05, 4.69) is 10.3 Å². The maximum atomic E-state index is 11.3. The summed E-state index contributed by atoms with van der Waals surface area (Å²) in [4.78, 5) is 15.7. The number of imidazole rings is 1. The Kier molecular flexibility index (Phi) is 4.40. The van der Waals surface area contributed by atoms with Crippen molar-refractivity contribution in [3.63, 3.8) is 0 Å². The third kappa shape index (κ3) is 3.43. The number of fused-ring (bicyclic) bond motifs is 1. The number of hydrogen-bond donors (Lipinski definition) is 2. The smallest absolute Gasteiger partial charge is 0.221 e. The van der Waals surface area contributed by atoms with E-state index in [0.29, 0.717) is 0 Å². The minimum absolute atomic E-state index is 0.0147. The van der Waals surface area contributed by atoms with E-state index in [1.807, 2.05) is 60.7 Å². The average molecular weight is 358 g/mol. The Balaban J connectivity index is 1.79. The molecule has 0 unspecified atom stereocenters. The third-order valence-corrected chi connectivity index (χ3v) is 4.25. The Hall–Kier alpha value is -3.51. The number of rotatable bonds is 4. The van der Waals surface area contributed by atoms with Gasteiger partial charge in [-0.3, -0.25) is 4.79 Å². The van der Waals surface area contributed by atoms with Gasteiger partial charge in [-0.2, -0.15) is 5.10 Å². The van der Waals surface area contributed by atoms with Crippen LogP contribution in [0.3, 0.4) is 0 Å². The number of nitrogens with zero attached hydrogens (tertiary/aromatic N) is 3. The molecule has 0 bridgehead atoms. The predicted molar refractivity (Wildman–Crippen MR) is 104 cm³/mol. The number of aliphatic hydroxyl groups excluding tert-OH is 1. The van der Waals surface area contributed by atoms with Crippen LogP contribution in [-0.2, 0) is 11.4 Å². The maximum Gasteiger partial charge on any atom is 0.221 e. The number of aliphatic hydroxyl groups is 1. The number of aromatic nitrogens is 3. The molecule has 0 saturated heterocycles. The summed E-state index contributed by atoms with van der Waals surface area (Å²) < 4.78 is 1.79. The first-order chi connectivity index (χ1) is 13.1.